The van der Waals surface area contributed by atoms with Crippen LogP contribution in [-0.4, -0.2) is 46.7 Å². The second-order valence-corrected chi connectivity index (χ2v) is 6.71. The third-order valence-electron chi connectivity index (χ3n) is 4.90. The van der Waals surface area contributed by atoms with E-state index in [1.807, 2.05) is 0 Å². The van der Waals surface area contributed by atoms with Crippen LogP contribution in [0.2, 0.25) is 0 Å². The van der Waals surface area contributed by atoms with Gasteiger partial charge in [0.2, 0.25) is 0 Å². The smallest absolute Gasteiger partial charge is 0.105 e. The summed E-state index contributed by atoms with van der Waals surface area (Å²) in [7, 11) is 1.79. The Morgan fingerprint density at radius 2 is 1.90 bits per heavy atom. The first-order chi connectivity index (χ1) is 9.85. The summed E-state index contributed by atoms with van der Waals surface area (Å²) in [5.74, 6) is 1.77. The Hall–Kier alpha value is -0.940. The molecule has 0 amide bonds. The minimum absolute atomic E-state index is 0.317. The zero-order chi connectivity index (χ0) is 13.5. The Morgan fingerprint density at radius 1 is 1.15 bits per heavy atom. The average molecular weight is 276 g/mol. The Morgan fingerprint density at radius 3 is 2.60 bits per heavy atom. The first kappa shape index (κ1) is 12.8. The number of rotatable bonds is 6. The van der Waals surface area contributed by atoms with Gasteiger partial charge in [-0.1, -0.05) is 5.21 Å². The third kappa shape index (κ3) is 2.49. The molecule has 5 nitrogen and oxygen atoms in total. The van der Waals surface area contributed by atoms with Gasteiger partial charge in [0, 0.05) is 33.2 Å². The van der Waals surface area contributed by atoms with E-state index in [1.165, 1.54) is 43.6 Å². The number of methoxy groups -OCH3 is 1. The van der Waals surface area contributed by atoms with Gasteiger partial charge in [0.15, 0.2) is 0 Å². The fourth-order valence-corrected chi connectivity index (χ4v) is 3.32. The summed E-state index contributed by atoms with van der Waals surface area (Å²) in [4.78, 5) is 2.57. The number of aromatic nitrogens is 3. The fourth-order valence-electron chi connectivity index (χ4n) is 3.32. The lowest BCUT2D eigenvalue weighted by atomic mass is 10.0. The predicted octanol–water partition coefficient (Wildman–Crippen LogP) is 1.64. The van der Waals surface area contributed by atoms with Crippen molar-refractivity contribution in [2.75, 3.05) is 26.8 Å². The van der Waals surface area contributed by atoms with E-state index < -0.39 is 0 Å². The van der Waals surface area contributed by atoms with Gasteiger partial charge < -0.3 is 4.74 Å². The number of ether oxygens (including phenoxy) is 1. The van der Waals surface area contributed by atoms with Crippen molar-refractivity contribution in [1.29, 1.82) is 0 Å². The van der Waals surface area contributed by atoms with Gasteiger partial charge in [0.05, 0.1) is 18.3 Å². The van der Waals surface area contributed by atoms with Crippen molar-refractivity contribution >= 4 is 0 Å². The van der Waals surface area contributed by atoms with E-state index in [4.69, 9.17) is 4.74 Å². The number of hydrogen-bond donors (Lipinski definition) is 0. The first-order valence-electron chi connectivity index (χ1n) is 8.00. The van der Waals surface area contributed by atoms with Crippen LogP contribution in [0.4, 0.5) is 0 Å². The van der Waals surface area contributed by atoms with Crippen LogP contribution in [0.25, 0.3) is 0 Å². The van der Waals surface area contributed by atoms with Crippen LogP contribution in [0.15, 0.2) is 0 Å². The molecule has 4 rings (SSSR count). The van der Waals surface area contributed by atoms with Gasteiger partial charge in [-0.25, -0.2) is 4.68 Å². The van der Waals surface area contributed by atoms with Gasteiger partial charge in [-0.15, -0.1) is 5.10 Å². The monoisotopic (exact) mass is 276 g/mol. The van der Waals surface area contributed by atoms with E-state index in [9.17, 15) is 0 Å². The van der Waals surface area contributed by atoms with Crippen molar-refractivity contribution in [3.05, 3.63) is 11.4 Å². The lowest BCUT2D eigenvalue weighted by Gasteiger charge is -2.34. The van der Waals surface area contributed by atoms with Gasteiger partial charge in [0.1, 0.15) is 5.69 Å². The van der Waals surface area contributed by atoms with Gasteiger partial charge in [-0.2, -0.15) is 0 Å². The van der Waals surface area contributed by atoms with Gasteiger partial charge in [0.25, 0.3) is 0 Å². The molecule has 0 aromatic carbocycles. The lowest BCUT2D eigenvalue weighted by molar-refractivity contribution is 0.0767. The standard InChI is InChI=1S/C15H24N4O/c1-20-10-14-15-13(6-7-18(14)8-11-2-3-11)19(17-16-15)9-12-4-5-12/h11-12,14H,2-10H2,1H3/t14-/m1/s1. The molecule has 1 aliphatic heterocycles. The maximum atomic E-state index is 5.45. The molecule has 2 saturated carbocycles. The summed E-state index contributed by atoms with van der Waals surface area (Å²) in [5, 5.41) is 8.93. The predicted molar refractivity (Wildman–Crippen MR) is 75.4 cm³/mol. The summed E-state index contributed by atoms with van der Waals surface area (Å²) in [6.07, 6.45) is 6.63. The van der Waals surface area contributed by atoms with E-state index in [0.29, 0.717) is 6.04 Å². The van der Waals surface area contributed by atoms with Crippen molar-refractivity contribution in [3.63, 3.8) is 0 Å². The van der Waals surface area contributed by atoms with Crippen molar-refractivity contribution in [3.8, 4) is 0 Å². The van der Waals surface area contributed by atoms with E-state index in [0.717, 1.165) is 38.0 Å². The zero-order valence-corrected chi connectivity index (χ0v) is 12.3. The van der Waals surface area contributed by atoms with Crippen molar-refractivity contribution in [1.82, 2.24) is 19.9 Å². The molecule has 110 valence electrons. The molecule has 0 N–H and O–H groups in total. The van der Waals surface area contributed by atoms with Gasteiger partial charge in [-0.3, -0.25) is 4.90 Å². The van der Waals surface area contributed by atoms with Crippen molar-refractivity contribution in [2.24, 2.45) is 11.8 Å². The molecule has 0 bridgehead atoms. The minimum Gasteiger partial charge on any atom is -0.383 e. The molecule has 0 radical (unpaired) electrons. The number of fused-ring (bicyclic) bond motifs is 1. The molecular weight excluding hydrogens is 252 g/mol. The van der Waals surface area contributed by atoms with Crippen LogP contribution in [-0.2, 0) is 17.7 Å². The maximum absolute atomic E-state index is 5.45. The molecule has 1 atom stereocenters. The molecule has 2 heterocycles. The second kappa shape index (κ2) is 5.11. The molecule has 1 aromatic rings. The first-order valence-corrected chi connectivity index (χ1v) is 8.00. The Bertz CT molecular complexity index is 478. The van der Waals surface area contributed by atoms with Crippen LogP contribution in [0.1, 0.15) is 43.1 Å². The minimum atomic E-state index is 0.317. The number of hydrogen-bond acceptors (Lipinski definition) is 4. The zero-order valence-electron chi connectivity index (χ0n) is 12.3. The molecule has 1 aromatic heterocycles. The summed E-state index contributed by atoms with van der Waals surface area (Å²) < 4.78 is 7.63. The molecule has 0 spiro atoms. The topological polar surface area (TPSA) is 43.2 Å². The van der Waals surface area contributed by atoms with E-state index in [2.05, 4.69) is 19.9 Å². The molecule has 0 unspecified atom stereocenters. The summed E-state index contributed by atoms with van der Waals surface area (Å²) in [5.41, 5.74) is 2.55. The quantitative estimate of drug-likeness (QED) is 0.792. The molecular formula is C15H24N4O. The second-order valence-electron chi connectivity index (χ2n) is 6.71. The Balaban J connectivity index is 1.55. The highest BCUT2D eigenvalue weighted by Crippen LogP contribution is 2.36. The maximum Gasteiger partial charge on any atom is 0.105 e. The SMILES string of the molecule is COC[C@@H]1c2nnn(CC3CC3)c2CCN1CC1CC1. The van der Waals surface area contributed by atoms with Gasteiger partial charge >= 0.3 is 0 Å². The average Bonchev–Trinajstić information content (AvgIpc) is 3.34. The molecule has 20 heavy (non-hydrogen) atoms. The third-order valence-corrected chi connectivity index (χ3v) is 4.90. The fraction of sp³-hybridized carbons (Fsp3) is 0.867. The van der Waals surface area contributed by atoms with Crippen LogP contribution >= 0.6 is 0 Å². The van der Waals surface area contributed by atoms with Crippen LogP contribution < -0.4 is 0 Å². The highest BCUT2D eigenvalue weighted by molar-refractivity contribution is 5.19. The summed E-state index contributed by atoms with van der Waals surface area (Å²) >= 11 is 0. The number of nitrogens with zero attached hydrogens (tertiary/aromatic N) is 4. The van der Waals surface area contributed by atoms with Crippen molar-refractivity contribution in [2.45, 2.75) is 44.7 Å². The molecule has 2 aliphatic carbocycles. The molecule has 5 heteroatoms. The van der Waals surface area contributed by atoms with Crippen LogP contribution in [0.3, 0.4) is 0 Å². The van der Waals surface area contributed by atoms with Crippen molar-refractivity contribution < 1.29 is 4.74 Å². The Kier molecular flexibility index (Phi) is 3.27. The highest BCUT2D eigenvalue weighted by Gasteiger charge is 2.36. The molecule has 0 saturated heterocycles. The summed E-state index contributed by atoms with van der Waals surface area (Å²) in [6, 6.07) is 0.317. The van der Waals surface area contributed by atoms with E-state index >= 15 is 0 Å². The highest BCUT2D eigenvalue weighted by atomic mass is 16.5. The van der Waals surface area contributed by atoms with Crippen LogP contribution in [0, 0.1) is 11.8 Å². The van der Waals surface area contributed by atoms with Crippen LogP contribution in [0.5, 0.6) is 0 Å². The molecule has 3 aliphatic rings. The normalized spacial score (nSPS) is 26.8. The van der Waals surface area contributed by atoms with E-state index in [-0.39, 0.29) is 0 Å². The Labute approximate surface area is 120 Å². The molecule has 2 fully saturated rings. The summed E-state index contributed by atoms with van der Waals surface area (Å²) in [6.45, 7) is 4.16. The largest absolute Gasteiger partial charge is 0.383 e. The van der Waals surface area contributed by atoms with E-state index in [1.54, 1.807) is 7.11 Å². The van der Waals surface area contributed by atoms with Gasteiger partial charge in [-0.05, 0) is 37.5 Å². The lowest BCUT2D eigenvalue weighted by Crippen LogP contribution is -2.39.